The number of nitrogens with one attached hydrogen (secondary N) is 1. The summed E-state index contributed by atoms with van der Waals surface area (Å²) >= 11 is 0. The molecule has 0 radical (unpaired) electrons. The molecule has 100 valence electrons. The number of hydrogen-bond acceptors (Lipinski definition) is 2. The van der Waals surface area contributed by atoms with Crippen LogP contribution in [-0.4, -0.2) is 43.3 Å². The van der Waals surface area contributed by atoms with Gasteiger partial charge in [0.1, 0.15) is 0 Å². The Kier molecular flexibility index (Phi) is 6.34. The zero-order valence-corrected chi connectivity index (χ0v) is 11.4. The molecule has 1 aliphatic carbocycles. The summed E-state index contributed by atoms with van der Waals surface area (Å²) < 4.78 is 5.09. The van der Waals surface area contributed by atoms with Crippen molar-refractivity contribution in [2.75, 3.05) is 20.3 Å². The summed E-state index contributed by atoms with van der Waals surface area (Å²) in [7, 11) is 1.68. The van der Waals surface area contributed by atoms with Crippen molar-refractivity contribution < 1.29 is 9.53 Å². The van der Waals surface area contributed by atoms with Crippen LogP contribution < -0.4 is 5.32 Å². The van der Waals surface area contributed by atoms with E-state index in [2.05, 4.69) is 19.2 Å². The van der Waals surface area contributed by atoms with Crippen LogP contribution in [0.5, 0.6) is 0 Å². The largest absolute Gasteiger partial charge is 0.383 e. The van der Waals surface area contributed by atoms with Gasteiger partial charge in [-0.25, -0.2) is 4.79 Å². The van der Waals surface area contributed by atoms with E-state index in [-0.39, 0.29) is 6.03 Å². The van der Waals surface area contributed by atoms with Gasteiger partial charge in [-0.2, -0.15) is 0 Å². The van der Waals surface area contributed by atoms with Crippen molar-refractivity contribution >= 4 is 6.03 Å². The number of urea groups is 1. The molecule has 0 spiro atoms. The van der Waals surface area contributed by atoms with Gasteiger partial charge in [-0.15, -0.1) is 0 Å². The molecule has 0 aromatic heterocycles. The van der Waals surface area contributed by atoms with Gasteiger partial charge in [0.25, 0.3) is 0 Å². The standard InChI is InChI=1S/C13H26N2O2/c1-4-12(5-2)15(9-10-17-3)13(16)14-11-7-6-8-11/h11-12H,4-10H2,1-3H3,(H,14,16). The van der Waals surface area contributed by atoms with Gasteiger partial charge in [0.15, 0.2) is 0 Å². The third-order valence-corrected chi connectivity index (χ3v) is 3.61. The Balaban J connectivity index is 2.49. The van der Waals surface area contributed by atoms with Gasteiger partial charge in [0.05, 0.1) is 6.61 Å². The lowest BCUT2D eigenvalue weighted by atomic mass is 9.93. The van der Waals surface area contributed by atoms with E-state index in [1.165, 1.54) is 6.42 Å². The Labute approximate surface area is 105 Å². The van der Waals surface area contributed by atoms with E-state index in [0.717, 1.165) is 25.7 Å². The van der Waals surface area contributed by atoms with Crippen LogP contribution in [0.4, 0.5) is 4.79 Å². The Morgan fingerprint density at radius 1 is 1.41 bits per heavy atom. The highest BCUT2D eigenvalue weighted by atomic mass is 16.5. The Morgan fingerprint density at radius 2 is 2.06 bits per heavy atom. The number of carbonyl (C=O) groups is 1. The first kappa shape index (κ1) is 14.3. The first-order valence-electron chi connectivity index (χ1n) is 6.78. The van der Waals surface area contributed by atoms with E-state index in [1.54, 1.807) is 7.11 Å². The molecule has 0 unspecified atom stereocenters. The highest BCUT2D eigenvalue weighted by Gasteiger charge is 2.25. The van der Waals surface area contributed by atoms with Crippen LogP contribution in [0.25, 0.3) is 0 Å². The number of amides is 2. The van der Waals surface area contributed by atoms with Crippen LogP contribution in [0, 0.1) is 0 Å². The number of methoxy groups -OCH3 is 1. The molecule has 0 heterocycles. The number of rotatable bonds is 7. The Bertz CT molecular complexity index is 225. The fourth-order valence-electron chi connectivity index (χ4n) is 2.18. The minimum atomic E-state index is 0.0838. The lowest BCUT2D eigenvalue weighted by molar-refractivity contribution is 0.121. The number of hydrogen-bond donors (Lipinski definition) is 1. The molecule has 1 saturated carbocycles. The molecule has 0 aromatic rings. The van der Waals surface area contributed by atoms with Crippen molar-refractivity contribution in [3.8, 4) is 0 Å². The summed E-state index contributed by atoms with van der Waals surface area (Å²) in [5.74, 6) is 0. The lowest BCUT2D eigenvalue weighted by Crippen LogP contribution is -2.51. The maximum atomic E-state index is 12.2. The molecular weight excluding hydrogens is 216 g/mol. The molecule has 17 heavy (non-hydrogen) atoms. The molecule has 0 aliphatic heterocycles. The van der Waals surface area contributed by atoms with Gasteiger partial charge in [0.2, 0.25) is 0 Å². The lowest BCUT2D eigenvalue weighted by Gasteiger charge is -2.34. The Morgan fingerprint density at radius 3 is 2.47 bits per heavy atom. The molecule has 1 rings (SSSR count). The predicted octanol–water partition coefficient (Wildman–Crippen LogP) is 2.39. The molecular formula is C13H26N2O2. The monoisotopic (exact) mass is 242 g/mol. The topological polar surface area (TPSA) is 41.6 Å². The van der Waals surface area contributed by atoms with E-state index in [1.807, 2.05) is 4.90 Å². The van der Waals surface area contributed by atoms with Crippen molar-refractivity contribution in [2.24, 2.45) is 0 Å². The second-order valence-electron chi connectivity index (χ2n) is 4.73. The highest BCUT2D eigenvalue weighted by molar-refractivity contribution is 5.75. The summed E-state index contributed by atoms with van der Waals surface area (Å²) in [6.07, 6.45) is 5.50. The number of carbonyl (C=O) groups excluding carboxylic acids is 1. The second kappa shape index (κ2) is 7.54. The number of nitrogens with zero attached hydrogens (tertiary/aromatic N) is 1. The SMILES string of the molecule is CCC(CC)N(CCOC)C(=O)NC1CCC1. The van der Waals surface area contributed by atoms with Crippen LogP contribution in [0.2, 0.25) is 0 Å². The van der Waals surface area contributed by atoms with Gasteiger partial charge >= 0.3 is 6.03 Å². The van der Waals surface area contributed by atoms with Crippen LogP contribution in [-0.2, 0) is 4.74 Å². The van der Waals surface area contributed by atoms with Crippen LogP contribution in [0.3, 0.4) is 0 Å². The number of ether oxygens (including phenoxy) is 1. The molecule has 0 atom stereocenters. The molecule has 4 heteroatoms. The van der Waals surface area contributed by atoms with Crippen LogP contribution >= 0.6 is 0 Å². The molecule has 2 amide bonds. The van der Waals surface area contributed by atoms with Gasteiger partial charge in [-0.1, -0.05) is 13.8 Å². The quantitative estimate of drug-likeness (QED) is 0.744. The average molecular weight is 242 g/mol. The molecule has 0 saturated heterocycles. The fourth-order valence-corrected chi connectivity index (χ4v) is 2.18. The molecule has 1 fully saturated rings. The maximum absolute atomic E-state index is 12.2. The van der Waals surface area contributed by atoms with Crippen molar-refractivity contribution in [3.63, 3.8) is 0 Å². The summed E-state index contributed by atoms with van der Waals surface area (Å²) in [6.45, 7) is 5.55. The molecule has 4 nitrogen and oxygen atoms in total. The minimum Gasteiger partial charge on any atom is -0.383 e. The molecule has 1 N–H and O–H groups in total. The first-order chi connectivity index (χ1) is 8.22. The van der Waals surface area contributed by atoms with Gasteiger partial charge in [-0.05, 0) is 32.1 Å². The summed E-state index contributed by atoms with van der Waals surface area (Å²) in [4.78, 5) is 14.1. The van der Waals surface area contributed by atoms with E-state index in [9.17, 15) is 4.79 Å². The van der Waals surface area contributed by atoms with E-state index in [0.29, 0.717) is 25.2 Å². The molecule has 1 aliphatic rings. The normalized spacial score (nSPS) is 15.8. The highest BCUT2D eigenvalue weighted by Crippen LogP contribution is 2.19. The third-order valence-electron chi connectivity index (χ3n) is 3.61. The third kappa shape index (κ3) is 4.19. The smallest absolute Gasteiger partial charge is 0.317 e. The first-order valence-corrected chi connectivity index (χ1v) is 6.78. The summed E-state index contributed by atoms with van der Waals surface area (Å²) in [5.41, 5.74) is 0. The second-order valence-corrected chi connectivity index (χ2v) is 4.73. The summed E-state index contributed by atoms with van der Waals surface area (Å²) in [5, 5.41) is 3.11. The van der Waals surface area contributed by atoms with Crippen LogP contribution in [0.15, 0.2) is 0 Å². The average Bonchev–Trinajstić information content (AvgIpc) is 2.29. The van der Waals surface area contributed by atoms with Crippen molar-refractivity contribution in [1.82, 2.24) is 10.2 Å². The zero-order valence-electron chi connectivity index (χ0n) is 11.4. The van der Waals surface area contributed by atoms with Gasteiger partial charge in [0, 0.05) is 25.7 Å². The van der Waals surface area contributed by atoms with E-state index in [4.69, 9.17) is 4.74 Å². The predicted molar refractivity (Wildman–Crippen MR) is 69.1 cm³/mol. The molecule has 0 bridgehead atoms. The van der Waals surface area contributed by atoms with Crippen LogP contribution in [0.1, 0.15) is 46.0 Å². The minimum absolute atomic E-state index is 0.0838. The van der Waals surface area contributed by atoms with E-state index >= 15 is 0 Å². The van der Waals surface area contributed by atoms with E-state index < -0.39 is 0 Å². The Hall–Kier alpha value is -0.770. The van der Waals surface area contributed by atoms with Crippen molar-refractivity contribution in [1.29, 1.82) is 0 Å². The van der Waals surface area contributed by atoms with Crippen molar-refractivity contribution in [2.45, 2.75) is 58.0 Å². The molecule has 0 aromatic carbocycles. The van der Waals surface area contributed by atoms with Gasteiger partial charge < -0.3 is 15.0 Å². The fraction of sp³-hybridized carbons (Fsp3) is 0.923. The van der Waals surface area contributed by atoms with Crippen molar-refractivity contribution in [3.05, 3.63) is 0 Å². The zero-order chi connectivity index (χ0) is 12.7. The van der Waals surface area contributed by atoms with Gasteiger partial charge in [-0.3, -0.25) is 0 Å². The summed E-state index contributed by atoms with van der Waals surface area (Å²) in [6, 6.07) is 0.813. The maximum Gasteiger partial charge on any atom is 0.317 e.